The Balaban J connectivity index is 2.40. The van der Waals surface area contributed by atoms with Crippen LogP contribution < -0.4 is 5.48 Å². The van der Waals surface area contributed by atoms with Gasteiger partial charge in [-0.05, 0) is 23.8 Å². The summed E-state index contributed by atoms with van der Waals surface area (Å²) < 4.78 is 0. The van der Waals surface area contributed by atoms with Gasteiger partial charge < -0.3 is 0 Å². The first-order valence-corrected chi connectivity index (χ1v) is 5.50. The van der Waals surface area contributed by atoms with Crippen molar-refractivity contribution in [2.75, 3.05) is 6.61 Å². The lowest BCUT2D eigenvalue weighted by molar-refractivity contribution is 0.0208. The fourth-order valence-corrected chi connectivity index (χ4v) is 1.75. The van der Waals surface area contributed by atoms with Gasteiger partial charge >= 0.3 is 0 Å². The maximum atomic E-state index is 11.5. The summed E-state index contributed by atoms with van der Waals surface area (Å²) in [6.45, 7) is 6.51. The molecule has 0 bridgehead atoms. The van der Waals surface area contributed by atoms with E-state index in [0.29, 0.717) is 18.1 Å². The van der Waals surface area contributed by atoms with E-state index in [9.17, 15) is 4.79 Å². The van der Waals surface area contributed by atoms with E-state index in [1.54, 1.807) is 0 Å². The second-order valence-corrected chi connectivity index (χ2v) is 4.35. The van der Waals surface area contributed by atoms with Gasteiger partial charge in [0.1, 0.15) is 0 Å². The van der Waals surface area contributed by atoms with Crippen molar-refractivity contribution >= 4 is 17.2 Å². The molecule has 0 aliphatic carbocycles. The van der Waals surface area contributed by atoms with Gasteiger partial charge in [0.25, 0.3) is 5.91 Å². The lowest BCUT2D eigenvalue weighted by atomic mass is 10.2. The van der Waals surface area contributed by atoms with Gasteiger partial charge in [-0.15, -0.1) is 0 Å². The van der Waals surface area contributed by atoms with E-state index in [4.69, 9.17) is 4.84 Å². The Morgan fingerprint density at radius 1 is 1.57 bits per heavy atom. The molecule has 0 atom stereocenters. The van der Waals surface area contributed by atoms with E-state index < -0.39 is 0 Å². The maximum Gasteiger partial charge on any atom is 0.275 e. The lowest BCUT2D eigenvalue weighted by Crippen LogP contribution is -2.25. The zero-order chi connectivity index (χ0) is 10.6. The fourth-order valence-electron chi connectivity index (χ4n) is 0.922. The summed E-state index contributed by atoms with van der Waals surface area (Å²) in [4.78, 5) is 16.5. The molecule has 78 valence electrons. The summed E-state index contributed by atoms with van der Waals surface area (Å²) in [6.07, 6.45) is 0. The standard InChI is InChI=1S/C10H15NO2S/c1-7(2)4-13-11-10(12)9-6-14-5-8(9)3/h5-7H,4H2,1-3H3,(H,11,12). The van der Waals surface area contributed by atoms with Crippen molar-refractivity contribution in [2.24, 2.45) is 5.92 Å². The number of amides is 1. The number of aryl methyl sites for hydroxylation is 1. The van der Waals surface area contributed by atoms with Gasteiger partial charge in [-0.1, -0.05) is 13.8 Å². The first-order chi connectivity index (χ1) is 6.61. The summed E-state index contributed by atoms with van der Waals surface area (Å²) in [6, 6.07) is 0. The Morgan fingerprint density at radius 3 is 2.79 bits per heavy atom. The normalized spacial score (nSPS) is 10.6. The summed E-state index contributed by atoms with van der Waals surface area (Å²) >= 11 is 1.52. The van der Waals surface area contributed by atoms with E-state index in [1.807, 2.05) is 31.5 Å². The SMILES string of the molecule is Cc1cscc1C(=O)NOCC(C)C. The topological polar surface area (TPSA) is 38.3 Å². The predicted octanol–water partition coefficient (Wildman–Crippen LogP) is 2.37. The van der Waals surface area contributed by atoms with E-state index in [2.05, 4.69) is 5.48 Å². The molecule has 0 aliphatic heterocycles. The third-order valence-corrected chi connectivity index (χ3v) is 2.54. The van der Waals surface area contributed by atoms with Crippen LogP contribution in [0.4, 0.5) is 0 Å². The van der Waals surface area contributed by atoms with Crippen molar-refractivity contribution < 1.29 is 9.63 Å². The Labute approximate surface area is 88.0 Å². The average Bonchev–Trinajstić information content (AvgIpc) is 2.50. The number of hydrogen-bond donors (Lipinski definition) is 1. The molecule has 0 saturated carbocycles. The van der Waals surface area contributed by atoms with E-state index >= 15 is 0 Å². The molecule has 0 radical (unpaired) electrons. The van der Waals surface area contributed by atoms with Crippen molar-refractivity contribution in [1.29, 1.82) is 0 Å². The minimum absolute atomic E-state index is 0.163. The van der Waals surface area contributed by atoms with Gasteiger partial charge in [0.2, 0.25) is 0 Å². The van der Waals surface area contributed by atoms with Crippen LogP contribution in [-0.2, 0) is 4.84 Å². The van der Waals surface area contributed by atoms with E-state index in [1.165, 1.54) is 11.3 Å². The molecule has 0 aliphatic rings. The predicted molar refractivity (Wildman–Crippen MR) is 57.3 cm³/mol. The molecule has 1 aromatic rings. The van der Waals surface area contributed by atoms with Crippen molar-refractivity contribution in [2.45, 2.75) is 20.8 Å². The Bertz CT molecular complexity index is 307. The smallest absolute Gasteiger partial charge is 0.273 e. The van der Waals surface area contributed by atoms with Crippen LogP contribution in [0.15, 0.2) is 10.8 Å². The number of hydroxylamine groups is 1. The highest BCUT2D eigenvalue weighted by Gasteiger charge is 2.09. The number of rotatable bonds is 4. The number of thiophene rings is 1. The highest BCUT2D eigenvalue weighted by atomic mass is 32.1. The summed E-state index contributed by atoms with van der Waals surface area (Å²) in [5.41, 5.74) is 4.10. The van der Waals surface area contributed by atoms with Gasteiger partial charge in [0, 0.05) is 5.38 Å². The third kappa shape index (κ3) is 3.12. The second kappa shape index (κ2) is 5.12. The van der Waals surface area contributed by atoms with Crippen LogP contribution in [0.5, 0.6) is 0 Å². The van der Waals surface area contributed by atoms with Crippen molar-refractivity contribution in [1.82, 2.24) is 5.48 Å². The van der Waals surface area contributed by atoms with Crippen LogP contribution in [0.25, 0.3) is 0 Å². The molecule has 1 rings (SSSR count). The molecular weight excluding hydrogens is 198 g/mol. The quantitative estimate of drug-likeness (QED) is 0.780. The first kappa shape index (κ1) is 11.2. The Hall–Kier alpha value is -0.870. The molecule has 0 unspecified atom stereocenters. The van der Waals surface area contributed by atoms with Crippen molar-refractivity contribution in [3.05, 3.63) is 21.9 Å². The Kier molecular flexibility index (Phi) is 4.10. The molecule has 1 N–H and O–H groups in total. The molecule has 0 aromatic carbocycles. The van der Waals surface area contributed by atoms with E-state index in [-0.39, 0.29) is 5.91 Å². The molecule has 0 fully saturated rings. The lowest BCUT2D eigenvalue weighted by Gasteiger charge is -2.07. The number of hydrogen-bond acceptors (Lipinski definition) is 3. The third-order valence-electron chi connectivity index (χ3n) is 1.68. The largest absolute Gasteiger partial charge is 0.275 e. The van der Waals surface area contributed by atoms with Gasteiger partial charge in [-0.2, -0.15) is 11.3 Å². The van der Waals surface area contributed by atoms with Gasteiger partial charge in [-0.25, -0.2) is 5.48 Å². The number of carbonyl (C=O) groups excluding carboxylic acids is 1. The van der Waals surface area contributed by atoms with Crippen LogP contribution in [0, 0.1) is 12.8 Å². The van der Waals surface area contributed by atoms with Gasteiger partial charge in [-0.3, -0.25) is 9.63 Å². The van der Waals surface area contributed by atoms with Crippen LogP contribution >= 0.6 is 11.3 Å². The van der Waals surface area contributed by atoms with Crippen LogP contribution in [0.1, 0.15) is 29.8 Å². The highest BCUT2D eigenvalue weighted by molar-refractivity contribution is 7.08. The fraction of sp³-hybridized carbons (Fsp3) is 0.500. The van der Waals surface area contributed by atoms with Crippen LogP contribution in [0.3, 0.4) is 0 Å². The second-order valence-electron chi connectivity index (χ2n) is 3.60. The summed E-state index contributed by atoms with van der Waals surface area (Å²) in [5.74, 6) is 0.253. The zero-order valence-electron chi connectivity index (χ0n) is 8.66. The van der Waals surface area contributed by atoms with Gasteiger partial charge in [0.15, 0.2) is 0 Å². The monoisotopic (exact) mass is 213 g/mol. The van der Waals surface area contributed by atoms with Crippen molar-refractivity contribution in [3.63, 3.8) is 0 Å². The van der Waals surface area contributed by atoms with Crippen molar-refractivity contribution in [3.8, 4) is 0 Å². The molecule has 3 nitrogen and oxygen atoms in total. The molecule has 0 spiro atoms. The van der Waals surface area contributed by atoms with Gasteiger partial charge in [0.05, 0.1) is 12.2 Å². The molecular formula is C10H15NO2S. The van der Waals surface area contributed by atoms with Crippen LogP contribution in [-0.4, -0.2) is 12.5 Å². The number of carbonyl (C=O) groups is 1. The molecule has 1 heterocycles. The van der Waals surface area contributed by atoms with Crippen LogP contribution in [0.2, 0.25) is 0 Å². The molecule has 0 saturated heterocycles. The first-order valence-electron chi connectivity index (χ1n) is 4.56. The zero-order valence-corrected chi connectivity index (χ0v) is 9.48. The molecule has 1 aromatic heterocycles. The maximum absolute atomic E-state index is 11.5. The molecule has 14 heavy (non-hydrogen) atoms. The minimum Gasteiger partial charge on any atom is -0.273 e. The molecule has 1 amide bonds. The summed E-state index contributed by atoms with van der Waals surface area (Å²) in [5, 5.41) is 3.76. The average molecular weight is 213 g/mol. The summed E-state index contributed by atoms with van der Waals surface area (Å²) in [7, 11) is 0. The number of nitrogens with one attached hydrogen (secondary N) is 1. The van der Waals surface area contributed by atoms with E-state index in [0.717, 1.165) is 5.56 Å². The molecule has 4 heteroatoms. The highest BCUT2D eigenvalue weighted by Crippen LogP contribution is 2.13. The Morgan fingerprint density at radius 2 is 2.29 bits per heavy atom. The minimum atomic E-state index is -0.163.